The van der Waals surface area contributed by atoms with E-state index in [4.69, 9.17) is 22.1 Å². The van der Waals surface area contributed by atoms with Gasteiger partial charge in [0, 0.05) is 26.2 Å². The van der Waals surface area contributed by atoms with E-state index in [0.717, 1.165) is 42.5 Å². The monoisotopic (exact) mass is 282 g/mol. The van der Waals surface area contributed by atoms with Crippen LogP contribution in [-0.2, 0) is 4.74 Å². The normalized spacial score (nSPS) is 21.2. The number of anilines is 1. The molecule has 1 aliphatic heterocycles. The molecular formula is C15H23ClN2O. The van der Waals surface area contributed by atoms with Crippen molar-refractivity contribution in [3.8, 4) is 0 Å². The Balaban J connectivity index is 2.03. The van der Waals surface area contributed by atoms with Crippen molar-refractivity contribution in [2.45, 2.75) is 25.8 Å². The van der Waals surface area contributed by atoms with E-state index >= 15 is 0 Å². The molecule has 19 heavy (non-hydrogen) atoms. The Morgan fingerprint density at radius 2 is 2.32 bits per heavy atom. The lowest BCUT2D eigenvalue weighted by Crippen LogP contribution is -2.31. The number of rotatable bonds is 4. The lowest BCUT2D eigenvalue weighted by atomic mass is 10.0. The maximum absolute atomic E-state index is 6.36. The average molecular weight is 283 g/mol. The molecule has 0 saturated carbocycles. The first-order valence-corrected chi connectivity index (χ1v) is 7.29. The molecule has 0 radical (unpaired) electrons. The summed E-state index contributed by atoms with van der Waals surface area (Å²) in [7, 11) is 2.08. The number of ether oxygens (including phenoxy) is 1. The third kappa shape index (κ3) is 3.85. The maximum atomic E-state index is 6.36. The fourth-order valence-electron chi connectivity index (χ4n) is 2.55. The number of hydrogen-bond donors (Lipinski definition) is 1. The van der Waals surface area contributed by atoms with Gasteiger partial charge in [-0.1, -0.05) is 17.7 Å². The summed E-state index contributed by atoms with van der Waals surface area (Å²) >= 11 is 6.36. The molecule has 0 spiro atoms. The van der Waals surface area contributed by atoms with E-state index in [0.29, 0.717) is 5.92 Å². The van der Waals surface area contributed by atoms with Crippen LogP contribution in [0.1, 0.15) is 31.4 Å². The molecule has 0 amide bonds. The summed E-state index contributed by atoms with van der Waals surface area (Å²) in [6.07, 6.45) is 2.40. The molecule has 0 aliphatic carbocycles. The Kier molecular flexibility index (Phi) is 5.08. The van der Waals surface area contributed by atoms with E-state index in [9.17, 15) is 0 Å². The highest BCUT2D eigenvalue weighted by molar-refractivity contribution is 6.33. The molecule has 2 rings (SSSR count). The fraction of sp³-hybridized carbons (Fsp3) is 0.600. The zero-order valence-corrected chi connectivity index (χ0v) is 12.5. The van der Waals surface area contributed by atoms with Gasteiger partial charge in [0.25, 0.3) is 0 Å². The number of halogens is 1. The Hall–Kier alpha value is -0.770. The molecule has 2 unspecified atom stereocenters. The standard InChI is InChI=1S/C15H23ClN2O/c1-11(17)13-5-6-15(14(16)8-13)18(2)9-12-4-3-7-19-10-12/h5-6,8,11-12H,3-4,7,9-10,17H2,1-2H3. The number of benzene rings is 1. The van der Waals surface area contributed by atoms with Crippen LogP contribution < -0.4 is 10.6 Å². The summed E-state index contributed by atoms with van der Waals surface area (Å²) in [6, 6.07) is 6.10. The summed E-state index contributed by atoms with van der Waals surface area (Å²) in [5, 5.41) is 0.772. The number of nitrogens with zero attached hydrogens (tertiary/aromatic N) is 1. The quantitative estimate of drug-likeness (QED) is 0.921. The zero-order chi connectivity index (χ0) is 13.8. The van der Waals surface area contributed by atoms with Crippen LogP contribution in [0.15, 0.2) is 18.2 Å². The van der Waals surface area contributed by atoms with Gasteiger partial charge in [0.2, 0.25) is 0 Å². The first-order chi connectivity index (χ1) is 9.08. The average Bonchev–Trinajstić information content (AvgIpc) is 2.39. The summed E-state index contributed by atoms with van der Waals surface area (Å²) in [5.74, 6) is 0.600. The molecule has 0 bridgehead atoms. The van der Waals surface area contributed by atoms with Crippen LogP contribution in [0.2, 0.25) is 5.02 Å². The highest BCUT2D eigenvalue weighted by Gasteiger charge is 2.17. The second-order valence-corrected chi connectivity index (χ2v) is 5.87. The molecule has 0 aromatic heterocycles. The van der Waals surface area contributed by atoms with Gasteiger partial charge in [0.15, 0.2) is 0 Å². The van der Waals surface area contributed by atoms with Gasteiger partial charge in [-0.15, -0.1) is 0 Å². The van der Waals surface area contributed by atoms with Crippen LogP contribution in [0, 0.1) is 5.92 Å². The molecule has 2 N–H and O–H groups in total. The molecule has 1 heterocycles. The van der Waals surface area contributed by atoms with Gasteiger partial charge in [-0.25, -0.2) is 0 Å². The summed E-state index contributed by atoms with van der Waals surface area (Å²) in [5.41, 5.74) is 8.01. The van der Waals surface area contributed by atoms with Crippen molar-refractivity contribution in [3.63, 3.8) is 0 Å². The number of nitrogens with two attached hydrogens (primary N) is 1. The van der Waals surface area contributed by atoms with E-state index in [1.165, 1.54) is 6.42 Å². The Morgan fingerprint density at radius 3 is 2.89 bits per heavy atom. The third-order valence-corrected chi connectivity index (χ3v) is 4.00. The van der Waals surface area contributed by atoms with E-state index in [-0.39, 0.29) is 6.04 Å². The Bertz CT molecular complexity index is 417. The van der Waals surface area contributed by atoms with Crippen molar-refractivity contribution in [1.29, 1.82) is 0 Å². The highest BCUT2D eigenvalue weighted by atomic mass is 35.5. The zero-order valence-electron chi connectivity index (χ0n) is 11.7. The van der Waals surface area contributed by atoms with E-state index in [1.54, 1.807) is 0 Å². The smallest absolute Gasteiger partial charge is 0.0642 e. The van der Waals surface area contributed by atoms with Gasteiger partial charge in [-0.05, 0) is 43.4 Å². The van der Waals surface area contributed by atoms with Gasteiger partial charge in [-0.2, -0.15) is 0 Å². The molecule has 1 aromatic carbocycles. The van der Waals surface area contributed by atoms with E-state index in [1.807, 2.05) is 13.0 Å². The SMILES string of the molecule is CC(N)c1ccc(N(C)CC2CCCOC2)c(Cl)c1. The van der Waals surface area contributed by atoms with Crippen LogP contribution in [-0.4, -0.2) is 26.8 Å². The van der Waals surface area contributed by atoms with Crippen molar-refractivity contribution in [1.82, 2.24) is 0 Å². The molecule has 106 valence electrons. The molecule has 1 aromatic rings. The van der Waals surface area contributed by atoms with Gasteiger partial charge >= 0.3 is 0 Å². The lowest BCUT2D eigenvalue weighted by Gasteiger charge is -2.29. The van der Waals surface area contributed by atoms with Gasteiger partial charge in [0.1, 0.15) is 0 Å². The third-order valence-electron chi connectivity index (χ3n) is 3.70. The highest BCUT2D eigenvalue weighted by Crippen LogP contribution is 2.29. The maximum Gasteiger partial charge on any atom is 0.0642 e. The fourth-order valence-corrected chi connectivity index (χ4v) is 2.89. The molecule has 2 atom stereocenters. The van der Waals surface area contributed by atoms with Crippen molar-refractivity contribution >= 4 is 17.3 Å². The topological polar surface area (TPSA) is 38.5 Å². The minimum Gasteiger partial charge on any atom is -0.381 e. The van der Waals surface area contributed by atoms with Crippen LogP contribution in [0.25, 0.3) is 0 Å². The van der Waals surface area contributed by atoms with Crippen molar-refractivity contribution in [2.75, 3.05) is 31.7 Å². The molecule has 1 saturated heterocycles. The largest absolute Gasteiger partial charge is 0.381 e. The first kappa shape index (κ1) is 14.6. The summed E-state index contributed by atoms with van der Waals surface area (Å²) < 4.78 is 5.52. The van der Waals surface area contributed by atoms with Crippen LogP contribution in [0.4, 0.5) is 5.69 Å². The number of hydrogen-bond acceptors (Lipinski definition) is 3. The van der Waals surface area contributed by atoms with Crippen molar-refractivity contribution in [3.05, 3.63) is 28.8 Å². The molecule has 1 aliphatic rings. The minimum absolute atomic E-state index is 0.0172. The first-order valence-electron chi connectivity index (χ1n) is 6.92. The summed E-state index contributed by atoms with van der Waals surface area (Å²) in [4.78, 5) is 2.21. The Morgan fingerprint density at radius 1 is 1.53 bits per heavy atom. The predicted octanol–water partition coefficient (Wildman–Crippen LogP) is 3.22. The van der Waals surface area contributed by atoms with Crippen LogP contribution in [0.5, 0.6) is 0 Å². The molecule has 3 nitrogen and oxygen atoms in total. The van der Waals surface area contributed by atoms with Gasteiger partial charge in [-0.3, -0.25) is 0 Å². The van der Waals surface area contributed by atoms with Crippen LogP contribution >= 0.6 is 11.6 Å². The predicted molar refractivity (Wildman–Crippen MR) is 80.9 cm³/mol. The lowest BCUT2D eigenvalue weighted by molar-refractivity contribution is 0.0576. The van der Waals surface area contributed by atoms with Gasteiger partial charge in [0.05, 0.1) is 17.3 Å². The molecular weight excluding hydrogens is 260 g/mol. The second kappa shape index (κ2) is 6.60. The molecule has 1 fully saturated rings. The Labute approximate surface area is 120 Å². The summed E-state index contributed by atoms with van der Waals surface area (Å²) in [6.45, 7) is 4.72. The van der Waals surface area contributed by atoms with Crippen molar-refractivity contribution < 1.29 is 4.74 Å². The molecule has 4 heteroatoms. The van der Waals surface area contributed by atoms with Crippen LogP contribution in [0.3, 0.4) is 0 Å². The van der Waals surface area contributed by atoms with Crippen molar-refractivity contribution in [2.24, 2.45) is 11.7 Å². The minimum atomic E-state index is 0.0172. The van der Waals surface area contributed by atoms with Gasteiger partial charge < -0.3 is 15.4 Å². The van der Waals surface area contributed by atoms with E-state index in [2.05, 4.69) is 24.1 Å². The van der Waals surface area contributed by atoms with E-state index < -0.39 is 0 Å². The second-order valence-electron chi connectivity index (χ2n) is 5.46.